The lowest BCUT2D eigenvalue weighted by Crippen LogP contribution is -2.26. The fraction of sp³-hybridized carbons (Fsp3) is 0.316. The molecule has 2 aromatic rings. The van der Waals surface area contributed by atoms with Crippen LogP contribution in [0.3, 0.4) is 0 Å². The van der Waals surface area contributed by atoms with E-state index in [-0.39, 0.29) is 5.91 Å². The topological polar surface area (TPSA) is 38.8 Å². The Labute approximate surface area is 151 Å². The van der Waals surface area contributed by atoms with E-state index in [4.69, 9.17) is 9.47 Å². The van der Waals surface area contributed by atoms with Crippen LogP contribution in [-0.4, -0.2) is 32.1 Å². The fourth-order valence-electron chi connectivity index (χ4n) is 2.56. The van der Waals surface area contributed by atoms with Crippen molar-refractivity contribution in [1.29, 1.82) is 0 Å². The minimum Gasteiger partial charge on any atom is -0.495 e. The third-order valence-electron chi connectivity index (χ3n) is 3.94. The Kier molecular flexibility index (Phi) is 5.89. The third-order valence-corrected chi connectivity index (χ3v) is 4.73. The number of aryl methyl sites for hydroxylation is 2. The Bertz CT molecular complexity index is 733. The number of methoxy groups -OCH3 is 2. The molecular weight excluding hydrogens is 370 g/mol. The Morgan fingerprint density at radius 2 is 1.67 bits per heavy atom. The maximum atomic E-state index is 12.8. The highest BCUT2D eigenvalue weighted by molar-refractivity contribution is 9.10. The number of benzene rings is 2. The third kappa shape index (κ3) is 3.90. The quantitative estimate of drug-likeness (QED) is 0.759. The number of halogens is 1. The predicted octanol–water partition coefficient (Wildman–Crippen LogP) is 4.36. The number of amides is 1. The van der Waals surface area contributed by atoms with E-state index < -0.39 is 0 Å². The molecule has 0 saturated carbocycles. The lowest BCUT2D eigenvalue weighted by atomic mass is 10.1. The van der Waals surface area contributed by atoms with Gasteiger partial charge in [-0.15, -0.1) is 0 Å². The van der Waals surface area contributed by atoms with Crippen molar-refractivity contribution in [3.8, 4) is 11.5 Å². The molecule has 2 rings (SSSR count). The van der Waals surface area contributed by atoms with Crippen LogP contribution in [0.1, 0.15) is 27.0 Å². The second-order valence-electron chi connectivity index (χ2n) is 5.79. The first-order valence-electron chi connectivity index (χ1n) is 7.60. The highest BCUT2D eigenvalue weighted by Gasteiger charge is 2.18. The van der Waals surface area contributed by atoms with Gasteiger partial charge >= 0.3 is 0 Å². The highest BCUT2D eigenvalue weighted by atomic mass is 79.9. The Balaban J connectivity index is 2.27. The van der Waals surface area contributed by atoms with E-state index >= 15 is 0 Å². The number of ether oxygens (including phenoxy) is 2. The number of carbonyl (C=O) groups excluding carboxylic acids is 1. The number of carbonyl (C=O) groups is 1. The average Bonchev–Trinajstić information content (AvgIpc) is 2.56. The molecule has 128 valence electrons. The first-order valence-corrected chi connectivity index (χ1v) is 8.39. The van der Waals surface area contributed by atoms with Crippen LogP contribution in [0.5, 0.6) is 11.5 Å². The van der Waals surface area contributed by atoms with Crippen LogP contribution >= 0.6 is 15.9 Å². The summed E-state index contributed by atoms with van der Waals surface area (Å²) in [7, 11) is 4.92. The smallest absolute Gasteiger partial charge is 0.254 e. The van der Waals surface area contributed by atoms with Gasteiger partial charge < -0.3 is 14.4 Å². The summed E-state index contributed by atoms with van der Waals surface area (Å²) in [6.07, 6.45) is 0. The van der Waals surface area contributed by atoms with Gasteiger partial charge in [0.1, 0.15) is 16.0 Å². The molecule has 0 atom stereocenters. The number of rotatable bonds is 5. The van der Waals surface area contributed by atoms with Gasteiger partial charge in [0.25, 0.3) is 5.91 Å². The first-order chi connectivity index (χ1) is 11.4. The maximum Gasteiger partial charge on any atom is 0.254 e. The molecule has 0 bridgehead atoms. The van der Waals surface area contributed by atoms with E-state index in [0.29, 0.717) is 28.1 Å². The normalized spacial score (nSPS) is 10.4. The molecule has 0 fully saturated rings. The van der Waals surface area contributed by atoms with Crippen LogP contribution in [-0.2, 0) is 6.54 Å². The summed E-state index contributed by atoms with van der Waals surface area (Å²) in [4.78, 5) is 14.5. The van der Waals surface area contributed by atoms with Crippen molar-refractivity contribution >= 4 is 21.8 Å². The van der Waals surface area contributed by atoms with Crippen LogP contribution in [0.15, 0.2) is 34.8 Å². The maximum absolute atomic E-state index is 12.8. The zero-order chi connectivity index (χ0) is 17.9. The summed E-state index contributed by atoms with van der Waals surface area (Å²) in [6.45, 7) is 4.67. The van der Waals surface area contributed by atoms with Crippen LogP contribution in [0.25, 0.3) is 0 Å². The van der Waals surface area contributed by atoms with Gasteiger partial charge in [0.05, 0.1) is 14.2 Å². The molecule has 0 aliphatic rings. The standard InChI is InChI=1S/C19H22BrNO3/c1-12-6-7-14(13(2)8-12)11-21(3)19(22)15-9-16(23-4)18(20)17(10-15)24-5/h6-10H,11H2,1-5H3. The van der Waals surface area contributed by atoms with Gasteiger partial charge in [-0.3, -0.25) is 4.79 Å². The highest BCUT2D eigenvalue weighted by Crippen LogP contribution is 2.36. The summed E-state index contributed by atoms with van der Waals surface area (Å²) in [5.74, 6) is 1.05. The molecule has 0 saturated heterocycles. The first kappa shape index (κ1) is 18.3. The molecule has 0 aliphatic carbocycles. The molecule has 0 aromatic heterocycles. The summed E-state index contributed by atoms with van der Waals surface area (Å²) < 4.78 is 11.3. The molecule has 0 radical (unpaired) electrons. The summed E-state index contributed by atoms with van der Waals surface area (Å²) in [6, 6.07) is 9.68. The molecule has 0 spiro atoms. The molecule has 4 nitrogen and oxygen atoms in total. The molecule has 0 aliphatic heterocycles. The van der Waals surface area contributed by atoms with E-state index in [1.807, 2.05) is 0 Å². The van der Waals surface area contributed by atoms with Crippen LogP contribution in [0, 0.1) is 13.8 Å². The Morgan fingerprint density at radius 3 is 2.17 bits per heavy atom. The van der Waals surface area contributed by atoms with E-state index in [9.17, 15) is 4.79 Å². The lowest BCUT2D eigenvalue weighted by Gasteiger charge is -2.20. The van der Waals surface area contributed by atoms with Crippen LogP contribution in [0.2, 0.25) is 0 Å². The average molecular weight is 392 g/mol. The van der Waals surface area contributed by atoms with Crippen molar-refractivity contribution in [3.05, 3.63) is 57.1 Å². The summed E-state index contributed by atoms with van der Waals surface area (Å²) >= 11 is 3.42. The van der Waals surface area contributed by atoms with Crippen molar-refractivity contribution < 1.29 is 14.3 Å². The van der Waals surface area contributed by atoms with Gasteiger partial charge in [0, 0.05) is 19.2 Å². The van der Waals surface area contributed by atoms with E-state index in [1.54, 1.807) is 38.3 Å². The van der Waals surface area contributed by atoms with Crippen LogP contribution < -0.4 is 9.47 Å². The molecule has 5 heteroatoms. The van der Waals surface area contributed by atoms with Gasteiger partial charge in [-0.25, -0.2) is 0 Å². The van der Waals surface area contributed by atoms with E-state index in [0.717, 1.165) is 5.56 Å². The van der Waals surface area contributed by atoms with Gasteiger partial charge in [0.15, 0.2) is 0 Å². The molecule has 0 heterocycles. The largest absolute Gasteiger partial charge is 0.495 e. The predicted molar refractivity (Wildman–Crippen MR) is 99.0 cm³/mol. The molecule has 1 amide bonds. The van der Waals surface area contributed by atoms with E-state index in [1.165, 1.54) is 11.1 Å². The SMILES string of the molecule is COc1cc(C(=O)N(C)Cc2ccc(C)cc2C)cc(OC)c1Br. The second-order valence-corrected chi connectivity index (χ2v) is 6.58. The monoisotopic (exact) mass is 391 g/mol. The lowest BCUT2D eigenvalue weighted by molar-refractivity contribution is 0.0784. The second kappa shape index (κ2) is 7.71. The van der Waals surface area contributed by atoms with Crippen LogP contribution in [0.4, 0.5) is 0 Å². The number of hydrogen-bond donors (Lipinski definition) is 0. The zero-order valence-electron chi connectivity index (χ0n) is 14.6. The molecule has 24 heavy (non-hydrogen) atoms. The van der Waals surface area contributed by atoms with Gasteiger partial charge in [-0.05, 0) is 53.0 Å². The van der Waals surface area contributed by atoms with Crippen molar-refractivity contribution in [2.24, 2.45) is 0 Å². The Morgan fingerprint density at radius 1 is 1.08 bits per heavy atom. The zero-order valence-corrected chi connectivity index (χ0v) is 16.2. The van der Waals surface area contributed by atoms with Crippen molar-refractivity contribution in [1.82, 2.24) is 4.90 Å². The van der Waals surface area contributed by atoms with Gasteiger partial charge in [0.2, 0.25) is 0 Å². The molecule has 0 unspecified atom stereocenters. The minimum atomic E-state index is -0.0842. The van der Waals surface area contributed by atoms with Crippen molar-refractivity contribution in [3.63, 3.8) is 0 Å². The summed E-state index contributed by atoms with van der Waals surface area (Å²) in [5.41, 5.74) is 4.06. The molecule has 0 N–H and O–H groups in total. The molecule has 2 aromatic carbocycles. The van der Waals surface area contributed by atoms with Gasteiger partial charge in [-0.2, -0.15) is 0 Å². The van der Waals surface area contributed by atoms with Crippen molar-refractivity contribution in [2.45, 2.75) is 20.4 Å². The van der Waals surface area contributed by atoms with E-state index in [2.05, 4.69) is 48.0 Å². The fourth-order valence-corrected chi connectivity index (χ4v) is 3.12. The molecular formula is C19H22BrNO3. The van der Waals surface area contributed by atoms with Crippen molar-refractivity contribution in [2.75, 3.05) is 21.3 Å². The minimum absolute atomic E-state index is 0.0842. The Hall–Kier alpha value is -2.01. The van der Waals surface area contributed by atoms with Gasteiger partial charge in [-0.1, -0.05) is 23.8 Å². The number of nitrogens with zero attached hydrogens (tertiary/aromatic N) is 1. The number of hydrogen-bond acceptors (Lipinski definition) is 3. The summed E-state index contributed by atoms with van der Waals surface area (Å²) in [5, 5.41) is 0.